The largest absolute Gasteiger partial charge is 0.351 e. The molecule has 0 bridgehead atoms. The zero-order valence-electron chi connectivity index (χ0n) is 19.1. The summed E-state index contributed by atoms with van der Waals surface area (Å²) in [6.45, 7) is 6.33. The Morgan fingerprint density at radius 3 is 2.41 bits per heavy atom. The topological polar surface area (TPSA) is 33.1 Å². The smallest absolute Gasteiger partial charge is 0.174 e. The minimum absolute atomic E-state index is 0.0944. The van der Waals surface area contributed by atoms with Crippen LogP contribution in [0.3, 0.4) is 0 Å². The van der Waals surface area contributed by atoms with Gasteiger partial charge in [-0.25, -0.2) is 0 Å². The fraction of sp³-hybridized carbons (Fsp3) is 0.185. The Morgan fingerprint density at radius 1 is 0.941 bits per heavy atom. The molecule has 3 heterocycles. The van der Waals surface area contributed by atoms with Crippen molar-refractivity contribution in [3.8, 4) is 5.69 Å². The molecule has 1 N–H and O–H groups in total. The minimum atomic E-state index is -0.112. The zero-order valence-corrected chi connectivity index (χ0v) is 21.4. The van der Waals surface area contributed by atoms with Crippen LogP contribution in [0, 0.1) is 20.8 Å². The second-order valence-corrected chi connectivity index (χ2v) is 9.75. The van der Waals surface area contributed by atoms with Crippen LogP contribution in [0.1, 0.15) is 40.3 Å². The van der Waals surface area contributed by atoms with Crippen molar-refractivity contribution >= 4 is 46.2 Å². The summed E-state index contributed by atoms with van der Waals surface area (Å²) < 4.78 is 2.27. The van der Waals surface area contributed by atoms with E-state index in [1.54, 1.807) is 0 Å². The van der Waals surface area contributed by atoms with Crippen LogP contribution in [-0.2, 0) is 0 Å². The molecule has 0 amide bonds. The number of aromatic nitrogens is 2. The predicted molar refractivity (Wildman–Crippen MR) is 144 cm³/mol. The molecule has 0 spiro atoms. The Labute approximate surface area is 215 Å². The summed E-state index contributed by atoms with van der Waals surface area (Å²) in [6.07, 6.45) is 1.82. The van der Waals surface area contributed by atoms with E-state index in [0.717, 1.165) is 39.0 Å². The average molecular weight is 507 g/mol. The molecule has 1 saturated heterocycles. The lowest BCUT2D eigenvalue weighted by Gasteiger charge is -2.28. The highest BCUT2D eigenvalue weighted by Gasteiger charge is 2.42. The first-order valence-electron chi connectivity index (χ1n) is 11.1. The first-order chi connectivity index (χ1) is 16.4. The van der Waals surface area contributed by atoms with E-state index in [4.69, 9.17) is 35.4 Å². The lowest BCUT2D eigenvalue weighted by atomic mass is 9.96. The molecule has 2 aromatic carbocycles. The summed E-state index contributed by atoms with van der Waals surface area (Å²) in [5.41, 5.74) is 7.49. The van der Waals surface area contributed by atoms with Crippen LogP contribution < -0.4 is 10.2 Å². The molecule has 0 saturated carbocycles. The Morgan fingerprint density at radius 2 is 1.71 bits per heavy atom. The maximum absolute atomic E-state index is 6.47. The maximum Gasteiger partial charge on any atom is 0.174 e. The van der Waals surface area contributed by atoms with E-state index in [2.05, 4.69) is 52.7 Å². The number of anilines is 1. The third-order valence-corrected chi connectivity index (χ3v) is 7.45. The molecule has 5 rings (SSSR count). The van der Waals surface area contributed by atoms with E-state index < -0.39 is 0 Å². The number of nitrogens with zero attached hydrogens (tertiary/aromatic N) is 3. The van der Waals surface area contributed by atoms with Gasteiger partial charge in [-0.3, -0.25) is 4.98 Å². The monoisotopic (exact) mass is 506 g/mol. The second kappa shape index (κ2) is 9.06. The molecule has 4 aromatic rings. The molecule has 1 aliphatic heterocycles. The van der Waals surface area contributed by atoms with Gasteiger partial charge < -0.3 is 14.8 Å². The van der Waals surface area contributed by atoms with Gasteiger partial charge in [0.2, 0.25) is 0 Å². The van der Waals surface area contributed by atoms with Crippen molar-refractivity contribution in [1.82, 2.24) is 14.9 Å². The van der Waals surface area contributed by atoms with Gasteiger partial charge in [-0.15, -0.1) is 0 Å². The fourth-order valence-electron chi connectivity index (χ4n) is 4.85. The van der Waals surface area contributed by atoms with Crippen molar-refractivity contribution in [3.05, 3.63) is 111 Å². The van der Waals surface area contributed by atoms with Crippen LogP contribution in [0.4, 0.5) is 5.69 Å². The van der Waals surface area contributed by atoms with Gasteiger partial charge in [-0.05, 0) is 98.7 Å². The summed E-state index contributed by atoms with van der Waals surface area (Å²) in [6, 6.07) is 21.8. The van der Waals surface area contributed by atoms with Crippen molar-refractivity contribution in [2.45, 2.75) is 32.9 Å². The van der Waals surface area contributed by atoms with Crippen LogP contribution >= 0.6 is 35.4 Å². The summed E-state index contributed by atoms with van der Waals surface area (Å²) >= 11 is 18.5. The Kier molecular flexibility index (Phi) is 6.11. The third-order valence-electron chi connectivity index (χ3n) is 6.47. The zero-order chi connectivity index (χ0) is 24.0. The van der Waals surface area contributed by atoms with Crippen molar-refractivity contribution < 1.29 is 0 Å². The van der Waals surface area contributed by atoms with Gasteiger partial charge in [0.1, 0.15) is 0 Å². The number of nitrogens with one attached hydrogen (secondary N) is 1. The van der Waals surface area contributed by atoms with E-state index in [1.165, 1.54) is 5.56 Å². The molecular weight excluding hydrogens is 483 g/mol. The number of aryl methyl sites for hydroxylation is 1. The van der Waals surface area contributed by atoms with Gasteiger partial charge in [-0.1, -0.05) is 35.3 Å². The number of pyridine rings is 1. The highest BCUT2D eigenvalue weighted by atomic mass is 35.5. The lowest BCUT2D eigenvalue weighted by molar-refractivity contribution is 0.565. The Bertz CT molecular complexity index is 1370. The van der Waals surface area contributed by atoms with E-state index in [-0.39, 0.29) is 12.1 Å². The Hall–Kier alpha value is -2.86. The van der Waals surface area contributed by atoms with Crippen molar-refractivity contribution in [1.29, 1.82) is 0 Å². The first-order valence-corrected chi connectivity index (χ1v) is 12.2. The molecule has 0 aliphatic carbocycles. The quantitative estimate of drug-likeness (QED) is 0.294. The standard InChI is InChI=1S/C27H24Cl2N4S/c1-16-15-21(18(3)32(16)24-9-6-7-22(29)17(24)2)26-25(23-8-4-5-14-30-23)31-27(34)33(26)20-12-10-19(28)11-13-20/h4-15,25-26H,1-3H3,(H,31,34)/t25-,26+/m1/s1. The van der Waals surface area contributed by atoms with Crippen LogP contribution in [0.5, 0.6) is 0 Å². The van der Waals surface area contributed by atoms with Gasteiger partial charge in [0.05, 0.1) is 17.8 Å². The molecule has 1 fully saturated rings. The van der Waals surface area contributed by atoms with Gasteiger partial charge in [0, 0.05) is 39.0 Å². The van der Waals surface area contributed by atoms with Gasteiger partial charge >= 0.3 is 0 Å². The summed E-state index contributed by atoms with van der Waals surface area (Å²) in [7, 11) is 0. The van der Waals surface area contributed by atoms with E-state index in [9.17, 15) is 0 Å². The van der Waals surface area contributed by atoms with Crippen molar-refractivity contribution in [3.63, 3.8) is 0 Å². The van der Waals surface area contributed by atoms with Gasteiger partial charge in [-0.2, -0.15) is 0 Å². The SMILES string of the molecule is Cc1c(Cl)cccc1-n1c(C)cc([C@H]2[C@@H](c3ccccn3)NC(=S)N2c2ccc(Cl)cc2)c1C. The lowest BCUT2D eigenvalue weighted by Crippen LogP contribution is -2.29. The number of rotatable bonds is 4. The molecule has 2 aromatic heterocycles. The number of halogens is 2. The van der Waals surface area contributed by atoms with E-state index in [0.29, 0.717) is 10.1 Å². The van der Waals surface area contributed by atoms with E-state index >= 15 is 0 Å². The number of hydrogen-bond acceptors (Lipinski definition) is 2. The third kappa shape index (κ3) is 3.88. The predicted octanol–water partition coefficient (Wildman–Crippen LogP) is 7.28. The number of thiocarbonyl (C=S) groups is 1. The number of benzene rings is 2. The highest BCUT2D eigenvalue weighted by Crippen LogP contribution is 2.44. The highest BCUT2D eigenvalue weighted by molar-refractivity contribution is 7.80. The van der Waals surface area contributed by atoms with Crippen LogP contribution in [0.25, 0.3) is 5.69 Å². The van der Waals surface area contributed by atoms with Gasteiger partial charge in [0.25, 0.3) is 0 Å². The molecule has 172 valence electrons. The normalized spacial score (nSPS) is 17.8. The maximum atomic E-state index is 6.47. The molecule has 4 nitrogen and oxygen atoms in total. The van der Waals surface area contributed by atoms with Crippen LogP contribution in [0.15, 0.2) is 72.9 Å². The first kappa shape index (κ1) is 22.9. The molecule has 7 heteroatoms. The molecule has 34 heavy (non-hydrogen) atoms. The molecule has 0 radical (unpaired) electrons. The van der Waals surface area contributed by atoms with Gasteiger partial charge in [0.15, 0.2) is 5.11 Å². The number of hydrogen-bond donors (Lipinski definition) is 1. The molecular formula is C27H24Cl2N4S. The van der Waals surface area contributed by atoms with Crippen LogP contribution in [-0.4, -0.2) is 14.7 Å². The summed E-state index contributed by atoms with van der Waals surface area (Å²) in [4.78, 5) is 6.83. The molecule has 2 atom stereocenters. The molecule has 1 aliphatic rings. The van der Waals surface area contributed by atoms with E-state index in [1.807, 2.05) is 60.8 Å². The average Bonchev–Trinajstić information content (AvgIpc) is 3.32. The second-order valence-electron chi connectivity index (χ2n) is 8.52. The minimum Gasteiger partial charge on any atom is -0.351 e. The Balaban J connectivity index is 1.70. The van der Waals surface area contributed by atoms with Crippen molar-refractivity contribution in [2.24, 2.45) is 0 Å². The fourth-order valence-corrected chi connectivity index (χ4v) is 5.49. The summed E-state index contributed by atoms with van der Waals surface area (Å²) in [5, 5.41) is 5.63. The van der Waals surface area contributed by atoms with Crippen molar-refractivity contribution in [2.75, 3.05) is 4.90 Å². The molecule has 0 unspecified atom stereocenters. The summed E-state index contributed by atoms with van der Waals surface area (Å²) in [5.74, 6) is 0. The van der Waals surface area contributed by atoms with Crippen LogP contribution in [0.2, 0.25) is 10.0 Å².